The molecule has 1 rings (SSSR count). The van der Waals surface area contributed by atoms with Gasteiger partial charge in [0.05, 0.1) is 0 Å². The molecular formula is C17H32. The Labute approximate surface area is 109 Å². The van der Waals surface area contributed by atoms with Crippen LogP contribution in [0.3, 0.4) is 0 Å². The van der Waals surface area contributed by atoms with Crippen LogP contribution in [0.15, 0.2) is 12.2 Å². The van der Waals surface area contributed by atoms with Crippen LogP contribution in [0.4, 0.5) is 0 Å². The molecule has 3 atom stereocenters. The molecule has 0 nitrogen and oxygen atoms in total. The van der Waals surface area contributed by atoms with Gasteiger partial charge in [-0.1, -0.05) is 53.7 Å². The second-order valence-corrected chi connectivity index (χ2v) is 8.30. The first-order valence-electron chi connectivity index (χ1n) is 7.19. The van der Waals surface area contributed by atoms with Crippen molar-refractivity contribution in [3.63, 3.8) is 0 Å². The monoisotopic (exact) mass is 236 g/mol. The van der Waals surface area contributed by atoms with Gasteiger partial charge in [-0.05, 0) is 54.8 Å². The summed E-state index contributed by atoms with van der Waals surface area (Å²) >= 11 is 0. The topological polar surface area (TPSA) is 0 Å². The molecule has 1 aliphatic carbocycles. The van der Waals surface area contributed by atoms with Gasteiger partial charge in [0, 0.05) is 0 Å². The van der Waals surface area contributed by atoms with Crippen molar-refractivity contribution in [1.82, 2.24) is 0 Å². The minimum atomic E-state index is 0.423. The van der Waals surface area contributed by atoms with E-state index >= 15 is 0 Å². The molecule has 0 saturated heterocycles. The van der Waals surface area contributed by atoms with Crippen LogP contribution in [0.25, 0.3) is 0 Å². The van der Waals surface area contributed by atoms with Crippen molar-refractivity contribution in [3.05, 3.63) is 12.2 Å². The van der Waals surface area contributed by atoms with Crippen molar-refractivity contribution in [2.24, 2.45) is 28.6 Å². The van der Waals surface area contributed by atoms with Crippen LogP contribution in [0.1, 0.15) is 67.7 Å². The molecule has 17 heavy (non-hydrogen) atoms. The molecule has 0 heteroatoms. The van der Waals surface area contributed by atoms with Gasteiger partial charge in [-0.2, -0.15) is 0 Å². The zero-order chi connectivity index (χ0) is 13.4. The van der Waals surface area contributed by atoms with Gasteiger partial charge in [-0.3, -0.25) is 0 Å². The van der Waals surface area contributed by atoms with Crippen molar-refractivity contribution in [2.75, 3.05) is 0 Å². The molecule has 100 valence electrons. The van der Waals surface area contributed by atoms with Gasteiger partial charge in [0.25, 0.3) is 0 Å². The first-order chi connectivity index (χ1) is 7.53. The van der Waals surface area contributed by atoms with E-state index in [1.807, 2.05) is 0 Å². The molecule has 0 bridgehead atoms. The zero-order valence-electron chi connectivity index (χ0n) is 13.1. The van der Waals surface area contributed by atoms with E-state index in [0.29, 0.717) is 10.8 Å². The molecule has 0 aliphatic heterocycles. The van der Waals surface area contributed by atoms with Crippen molar-refractivity contribution >= 4 is 0 Å². The summed E-state index contributed by atoms with van der Waals surface area (Å²) < 4.78 is 0. The standard InChI is InChI=1S/C17H32/c1-12(2)13-9-10-14(16(3,4)5)15(11-13)17(6,7)8/h13-15H,1,9-11H2,2-8H3. The normalized spacial score (nSPS) is 31.4. The average molecular weight is 236 g/mol. The lowest BCUT2D eigenvalue weighted by Crippen LogP contribution is -2.40. The van der Waals surface area contributed by atoms with Gasteiger partial charge in [-0.25, -0.2) is 0 Å². The van der Waals surface area contributed by atoms with Crippen molar-refractivity contribution in [2.45, 2.75) is 67.7 Å². The smallest absolute Gasteiger partial charge is 0.0206 e. The number of allylic oxidation sites excluding steroid dienone is 1. The van der Waals surface area contributed by atoms with Crippen LogP contribution in [0.5, 0.6) is 0 Å². The lowest BCUT2D eigenvalue weighted by atomic mass is 9.56. The van der Waals surface area contributed by atoms with E-state index in [1.54, 1.807) is 0 Å². The highest BCUT2D eigenvalue weighted by Crippen LogP contribution is 2.51. The van der Waals surface area contributed by atoms with E-state index in [0.717, 1.165) is 17.8 Å². The fraction of sp³-hybridized carbons (Fsp3) is 0.882. The highest BCUT2D eigenvalue weighted by molar-refractivity contribution is 5.02. The largest absolute Gasteiger partial charge is 0.0999 e. The summed E-state index contributed by atoms with van der Waals surface area (Å²) in [5.41, 5.74) is 2.26. The third-order valence-corrected chi connectivity index (χ3v) is 4.77. The summed E-state index contributed by atoms with van der Waals surface area (Å²) in [6, 6.07) is 0. The summed E-state index contributed by atoms with van der Waals surface area (Å²) in [5.74, 6) is 2.45. The van der Waals surface area contributed by atoms with Crippen molar-refractivity contribution in [3.8, 4) is 0 Å². The van der Waals surface area contributed by atoms with Crippen LogP contribution in [-0.2, 0) is 0 Å². The quantitative estimate of drug-likeness (QED) is 0.513. The predicted molar refractivity (Wildman–Crippen MR) is 78.0 cm³/mol. The van der Waals surface area contributed by atoms with E-state index in [1.165, 1.54) is 24.8 Å². The summed E-state index contributed by atoms with van der Waals surface area (Å²) in [4.78, 5) is 0. The molecule has 0 radical (unpaired) electrons. The maximum Gasteiger partial charge on any atom is -0.0206 e. The Morgan fingerprint density at radius 2 is 1.35 bits per heavy atom. The second kappa shape index (κ2) is 4.78. The summed E-state index contributed by atoms with van der Waals surface area (Å²) in [5, 5.41) is 0. The van der Waals surface area contributed by atoms with E-state index in [-0.39, 0.29) is 0 Å². The summed E-state index contributed by atoms with van der Waals surface area (Å²) in [6.45, 7) is 20.9. The maximum absolute atomic E-state index is 4.18. The first-order valence-corrected chi connectivity index (χ1v) is 7.19. The Morgan fingerprint density at radius 3 is 1.71 bits per heavy atom. The SMILES string of the molecule is C=C(C)C1CCC(C(C)(C)C)C(C(C)(C)C)C1. The fourth-order valence-electron chi connectivity index (χ4n) is 3.61. The summed E-state index contributed by atoms with van der Waals surface area (Å²) in [6.07, 6.45) is 4.08. The van der Waals surface area contributed by atoms with Gasteiger partial charge in [0.2, 0.25) is 0 Å². The molecule has 0 heterocycles. The summed E-state index contributed by atoms with van der Waals surface area (Å²) in [7, 11) is 0. The second-order valence-electron chi connectivity index (χ2n) is 8.30. The maximum atomic E-state index is 4.18. The van der Waals surface area contributed by atoms with Crippen LogP contribution in [0.2, 0.25) is 0 Å². The van der Waals surface area contributed by atoms with E-state index in [9.17, 15) is 0 Å². The number of hydrogen-bond donors (Lipinski definition) is 0. The van der Waals surface area contributed by atoms with Crippen molar-refractivity contribution in [1.29, 1.82) is 0 Å². The molecule has 0 aromatic heterocycles. The third-order valence-electron chi connectivity index (χ3n) is 4.77. The van der Waals surface area contributed by atoms with E-state index < -0.39 is 0 Å². The van der Waals surface area contributed by atoms with Gasteiger partial charge in [0.1, 0.15) is 0 Å². The minimum Gasteiger partial charge on any atom is -0.0999 e. The van der Waals surface area contributed by atoms with Crippen LogP contribution in [0, 0.1) is 28.6 Å². The minimum absolute atomic E-state index is 0.423. The lowest BCUT2D eigenvalue weighted by molar-refractivity contribution is 0.0183. The Balaban J connectivity index is 2.92. The van der Waals surface area contributed by atoms with E-state index in [2.05, 4.69) is 55.0 Å². The highest BCUT2D eigenvalue weighted by Gasteiger charge is 2.42. The van der Waals surface area contributed by atoms with Crippen molar-refractivity contribution < 1.29 is 0 Å². The first kappa shape index (κ1) is 14.8. The molecule has 3 unspecified atom stereocenters. The van der Waals surface area contributed by atoms with Gasteiger partial charge < -0.3 is 0 Å². The fourth-order valence-corrected chi connectivity index (χ4v) is 3.61. The third kappa shape index (κ3) is 3.60. The van der Waals surface area contributed by atoms with Gasteiger partial charge in [-0.15, -0.1) is 0 Å². The molecule has 0 aromatic carbocycles. The molecular weight excluding hydrogens is 204 g/mol. The lowest BCUT2D eigenvalue weighted by Gasteiger charge is -2.49. The molecule has 0 aromatic rings. The average Bonchev–Trinajstić information content (AvgIpc) is 2.14. The van der Waals surface area contributed by atoms with Crippen LogP contribution < -0.4 is 0 Å². The highest BCUT2D eigenvalue weighted by atomic mass is 14.5. The molecule has 1 fully saturated rings. The molecule has 1 aliphatic rings. The number of rotatable bonds is 1. The Hall–Kier alpha value is -0.260. The molecule has 0 spiro atoms. The van der Waals surface area contributed by atoms with Gasteiger partial charge in [0.15, 0.2) is 0 Å². The predicted octanol–water partition coefficient (Wildman–Crippen LogP) is 5.69. The molecule has 0 amide bonds. The Bertz CT molecular complexity index is 271. The molecule has 0 N–H and O–H groups in total. The van der Waals surface area contributed by atoms with Crippen LogP contribution >= 0.6 is 0 Å². The molecule has 1 saturated carbocycles. The Kier molecular flexibility index (Phi) is 4.16. The number of hydrogen-bond acceptors (Lipinski definition) is 0. The van der Waals surface area contributed by atoms with Gasteiger partial charge >= 0.3 is 0 Å². The zero-order valence-corrected chi connectivity index (χ0v) is 13.1. The van der Waals surface area contributed by atoms with E-state index in [4.69, 9.17) is 0 Å². The van der Waals surface area contributed by atoms with Crippen LogP contribution in [-0.4, -0.2) is 0 Å². The Morgan fingerprint density at radius 1 is 0.882 bits per heavy atom.